The fourth-order valence-corrected chi connectivity index (χ4v) is 2.19. The van der Waals surface area contributed by atoms with Crippen molar-refractivity contribution in [2.75, 3.05) is 19.6 Å². The highest BCUT2D eigenvalue weighted by molar-refractivity contribution is 7.15. The molecule has 0 bridgehead atoms. The maximum atomic E-state index is 12.0. The lowest BCUT2D eigenvalue weighted by atomic mass is 10.3. The molecule has 6 nitrogen and oxygen atoms in total. The Morgan fingerprint density at radius 1 is 1.47 bits per heavy atom. The first kappa shape index (κ1) is 15.6. The van der Waals surface area contributed by atoms with Crippen LogP contribution in [0.3, 0.4) is 0 Å². The van der Waals surface area contributed by atoms with Crippen LogP contribution in [0.4, 0.5) is 0 Å². The molecule has 0 spiro atoms. The number of amides is 1. The van der Waals surface area contributed by atoms with Crippen LogP contribution >= 0.6 is 23.7 Å². The fraction of sp³-hybridized carbons (Fsp3) is 0.364. The first-order valence-corrected chi connectivity index (χ1v) is 6.55. The molecule has 2 aromatic rings. The minimum absolute atomic E-state index is 0. The topological polar surface area (TPSA) is 75.5 Å². The molecule has 2 aromatic heterocycles. The predicted molar refractivity (Wildman–Crippen MR) is 77.5 cm³/mol. The molecule has 104 valence electrons. The summed E-state index contributed by atoms with van der Waals surface area (Å²) in [5, 5.41) is 7.52. The molecule has 0 aliphatic rings. The van der Waals surface area contributed by atoms with Crippen LogP contribution in [0.25, 0.3) is 4.96 Å². The zero-order valence-electron chi connectivity index (χ0n) is 10.4. The summed E-state index contributed by atoms with van der Waals surface area (Å²) >= 11 is 1.36. The molecule has 2 rings (SSSR count). The highest BCUT2D eigenvalue weighted by atomic mass is 35.5. The molecule has 0 saturated carbocycles. The lowest BCUT2D eigenvalue weighted by molar-refractivity contribution is 0.0952. The summed E-state index contributed by atoms with van der Waals surface area (Å²) in [6, 6.07) is 0. The minimum Gasteiger partial charge on any atom is -0.351 e. The van der Waals surface area contributed by atoms with Crippen LogP contribution < -0.4 is 16.2 Å². The Kier molecular flexibility index (Phi) is 5.94. The van der Waals surface area contributed by atoms with Crippen LogP contribution in [0.5, 0.6) is 0 Å². The Labute approximate surface area is 120 Å². The van der Waals surface area contributed by atoms with Crippen molar-refractivity contribution in [1.82, 2.24) is 20.0 Å². The molecule has 0 aromatic carbocycles. The van der Waals surface area contributed by atoms with Crippen molar-refractivity contribution in [1.29, 1.82) is 0 Å². The molecule has 0 saturated heterocycles. The van der Waals surface area contributed by atoms with E-state index in [2.05, 4.69) is 15.6 Å². The summed E-state index contributed by atoms with van der Waals surface area (Å²) in [5.74, 6) is -0.383. The molecule has 2 heterocycles. The van der Waals surface area contributed by atoms with Crippen molar-refractivity contribution >= 4 is 34.6 Å². The van der Waals surface area contributed by atoms with Gasteiger partial charge < -0.3 is 10.6 Å². The van der Waals surface area contributed by atoms with Crippen molar-refractivity contribution in [3.8, 4) is 0 Å². The molecule has 0 atom stereocenters. The maximum Gasteiger partial charge on any atom is 0.271 e. The van der Waals surface area contributed by atoms with Crippen molar-refractivity contribution < 1.29 is 4.79 Å². The number of carbonyl (C=O) groups is 1. The zero-order valence-corrected chi connectivity index (χ0v) is 12.0. The molecule has 8 heteroatoms. The van der Waals surface area contributed by atoms with E-state index >= 15 is 0 Å². The standard InChI is InChI=1S/C11H14N4O2S.ClH/c1-2-12-3-4-13-9(16)8-7-14-11-15(10(8)17)5-6-18-11;/h5-7,12H,2-4H2,1H3,(H,13,16);1H. The Balaban J connectivity index is 0.00000180. The first-order valence-electron chi connectivity index (χ1n) is 5.68. The first-order chi connectivity index (χ1) is 8.74. The van der Waals surface area contributed by atoms with Crippen molar-refractivity contribution in [3.63, 3.8) is 0 Å². The van der Waals surface area contributed by atoms with Crippen LogP contribution in [0.1, 0.15) is 17.3 Å². The molecular formula is C11H15ClN4O2S. The Bertz CT molecular complexity index is 610. The highest BCUT2D eigenvalue weighted by Gasteiger charge is 2.12. The van der Waals surface area contributed by atoms with E-state index in [-0.39, 0.29) is 29.4 Å². The van der Waals surface area contributed by atoms with E-state index in [1.807, 2.05) is 6.92 Å². The Morgan fingerprint density at radius 2 is 2.26 bits per heavy atom. The molecular weight excluding hydrogens is 288 g/mol. The van der Waals surface area contributed by atoms with E-state index in [4.69, 9.17) is 0 Å². The molecule has 2 N–H and O–H groups in total. The predicted octanol–water partition coefficient (Wildman–Crippen LogP) is 0.517. The number of nitrogens with one attached hydrogen (secondary N) is 2. The number of hydrogen-bond donors (Lipinski definition) is 2. The van der Waals surface area contributed by atoms with Crippen LogP contribution in [0, 0.1) is 0 Å². The average molecular weight is 303 g/mol. The second kappa shape index (κ2) is 7.22. The quantitative estimate of drug-likeness (QED) is 0.790. The molecule has 19 heavy (non-hydrogen) atoms. The largest absolute Gasteiger partial charge is 0.351 e. The highest BCUT2D eigenvalue weighted by Crippen LogP contribution is 2.05. The molecule has 1 amide bonds. The van der Waals surface area contributed by atoms with Gasteiger partial charge in [-0.05, 0) is 6.54 Å². The van der Waals surface area contributed by atoms with Crippen molar-refractivity contribution in [2.45, 2.75) is 6.92 Å². The van der Waals surface area contributed by atoms with Gasteiger partial charge in [0.15, 0.2) is 4.96 Å². The van der Waals surface area contributed by atoms with E-state index < -0.39 is 0 Å². The van der Waals surface area contributed by atoms with Gasteiger partial charge in [0.1, 0.15) is 5.56 Å². The lowest BCUT2D eigenvalue weighted by Gasteiger charge is -2.04. The van der Waals surface area contributed by atoms with Gasteiger partial charge in [-0.1, -0.05) is 6.92 Å². The van der Waals surface area contributed by atoms with Gasteiger partial charge in [-0.15, -0.1) is 23.7 Å². The third-order valence-electron chi connectivity index (χ3n) is 2.42. The lowest BCUT2D eigenvalue weighted by Crippen LogP contribution is -2.35. The number of fused-ring (bicyclic) bond motifs is 1. The van der Waals surface area contributed by atoms with Gasteiger partial charge in [-0.3, -0.25) is 14.0 Å². The van der Waals surface area contributed by atoms with Crippen LogP contribution in [-0.2, 0) is 0 Å². The smallest absolute Gasteiger partial charge is 0.271 e. The number of aromatic nitrogens is 2. The van der Waals surface area contributed by atoms with Gasteiger partial charge in [0.2, 0.25) is 0 Å². The number of thiazole rings is 1. The number of nitrogens with zero attached hydrogens (tertiary/aromatic N) is 2. The number of hydrogen-bond acceptors (Lipinski definition) is 5. The van der Waals surface area contributed by atoms with E-state index in [1.165, 1.54) is 21.9 Å². The van der Waals surface area contributed by atoms with Crippen LogP contribution in [0.15, 0.2) is 22.6 Å². The Hall–Kier alpha value is -1.44. The Morgan fingerprint density at radius 3 is 3.00 bits per heavy atom. The summed E-state index contributed by atoms with van der Waals surface area (Å²) in [5.41, 5.74) is -0.260. The molecule has 0 fully saturated rings. The summed E-state index contributed by atoms with van der Waals surface area (Å²) in [4.78, 5) is 28.4. The summed E-state index contributed by atoms with van der Waals surface area (Å²) in [6.07, 6.45) is 2.95. The van der Waals surface area contributed by atoms with E-state index in [1.54, 1.807) is 11.6 Å². The third-order valence-corrected chi connectivity index (χ3v) is 3.20. The van der Waals surface area contributed by atoms with E-state index in [0.29, 0.717) is 18.1 Å². The van der Waals surface area contributed by atoms with Crippen molar-refractivity contribution in [2.24, 2.45) is 0 Å². The molecule has 0 aliphatic carbocycles. The van der Waals surface area contributed by atoms with Gasteiger partial charge in [0, 0.05) is 30.9 Å². The molecule has 0 radical (unpaired) electrons. The third kappa shape index (κ3) is 3.52. The van der Waals surface area contributed by atoms with Gasteiger partial charge >= 0.3 is 0 Å². The normalized spacial score (nSPS) is 10.2. The zero-order chi connectivity index (χ0) is 13.0. The fourth-order valence-electron chi connectivity index (χ4n) is 1.52. The molecule has 0 aliphatic heterocycles. The van der Waals surface area contributed by atoms with Crippen LogP contribution in [0.2, 0.25) is 0 Å². The van der Waals surface area contributed by atoms with E-state index in [9.17, 15) is 9.59 Å². The van der Waals surface area contributed by atoms with Crippen molar-refractivity contribution in [3.05, 3.63) is 33.7 Å². The number of carbonyl (C=O) groups excluding carboxylic acids is 1. The van der Waals surface area contributed by atoms with Gasteiger partial charge in [-0.2, -0.15) is 0 Å². The minimum atomic E-state index is -0.383. The van der Waals surface area contributed by atoms with Gasteiger partial charge in [-0.25, -0.2) is 4.98 Å². The maximum absolute atomic E-state index is 12.0. The summed E-state index contributed by atoms with van der Waals surface area (Å²) in [7, 11) is 0. The summed E-state index contributed by atoms with van der Waals surface area (Å²) in [6.45, 7) is 4.00. The number of likely N-dealkylation sites (N-methyl/N-ethyl adjacent to an activating group) is 1. The van der Waals surface area contributed by atoms with E-state index in [0.717, 1.165) is 6.54 Å². The SMILES string of the molecule is CCNCCNC(=O)c1cnc2sccn2c1=O.Cl. The second-order valence-electron chi connectivity index (χ2n) is 3.64. The monoisotopic (exact) mass is 302 g/mol. The summed E-state index contributed by atoms with van der Waals surface area (Å²) < 4.78 is 1.38. The molecule has 0 unspecified atom stereocenters. The van der Waals surface area contributed by atoms with Crippen LogP contribution in [-0.4, -0.2) is 34.9 Å². The van der Waals surface area contributed by atoms with Gasteiger partial charge in [0.25, 0.3) is 11.5 Å². The second-order valence-corrected chi connectivity index (χ2v) is 4.52. The number of halogens is 1. The average Bonchev–Trinajstić information content (AvgIpc) is 2.84. The number of rotatable bonds is 5. The van der Waals surface area contributed by atoms with Gasteiger partial charge in [0.05, 0.1) is 0 Å².